The maximum absolute atomic E-state index is 9.32. The average Bonchev–Trinajstić information content (AvgIpc) is 2.58. The monoisotopic (exact) mass is 295 g/mol. The van der Waals surface area contributed by atoms with E-state index in [4.69, 9.17) is 5.26 Å². The van der Waals surface area contributed by atoms with Gasteiger partial charge in [-0.25, -0.2) is 0 Å². The van der Waals surface area contributed by atoms with E-state index in [2.05, 4.69) is 40.6 Å². The number of benzene rings is 2. The molecule has 2 rings (SSSR count). The SMILES string of the molecule is CN(CCC#N)c1ccc(CNc2ccccc2CO)cc1. The van der Waals surface area contributed by atoms with Crippen molar-refractivity contribution in [1.29, 1.82) is 5.26 Å². The molecule has 0 saturated heterocycles. The van der Waals surface area contributed by atoms with Gasteiger partial charge in [0.1, 0.15) is 0 Å². The number of hydrogen-bond acceptors (Lipinski definition) is 4. The second-order valence-electron chi connectivity index (χ2n) is 5.16. The number of aliphatic hydroxyl groups is 1. The Bertz CT molecular complexity index is 632. The molecular formula is C18H21N3O. The molecule has 114 valence electrons. The van der Waals surface area contributed by atoms with Crippen LogP contribution in [0.15, 0.2) is 48.5 Å². The van der Waals surface area contributed by atoms with Crippen molar-refractivity contribution in [2.24, 2.45) is 0 Å². The summed E-state index contributed by atoms with van der Waals surface area (Å²) in [5, 5.41) is 21.3. The Kier molecular flexibility index (Phi) is 5.81. The maximum atomic E-state index is 9.32. The highest BCUT2D eigenvalue weighted by atomic mass is 16.3. The van der Waals surface area contributed by atoms with E-state index in [1.165, 1.54) is 5.56 Å². The third kappa shape index (κ3) is 4.24. The second kappa shape index (κ2) is 8.06. The molecule has 0 saturated carbocycles. The molecule has 4 heteroatoms. The van der Waals surface area contributed by atoms with Crippen molar-refractivity contribution in [3.05, 3.63) is 59.7 Å². The van der Waals surface area contributed by atoms with Crippen LogP contribution in [0.2, 0.25) is 0 Å². The quantitative estimate of drug-likeness (QED) is 0.824. The van der Waals surface area contributed by atoms with Gasteiger partial charge in [-0.15, -0.1) is 0 Å². The Morgan fingerprint density at radius 2 is 1.86 bits per heavy atom. The number of rotatable bonds is 7. The summed E-state index contributed by atoms with van der Waals surface area (Å²) in [7, 11) is 1.99. The minimum absolute atomic E-state index is 0.0335. The van der Waals surface area contributed by atoms with Crippen molar-refractivity contribution in [1.82, 2.24) is 0 Å². The molecule has 2 N–H and O–H groups in total. The van der Waals surface area contributed by atoms with Crippen LogP contribution < -0.4 is 10.2 Å². The Hall–Kier alpha value is -2.51. The van der Waals surface area contributed by atoms with Gasteiger partial charge in [0, 0.05) is 37.1 Å². The largest absolute Gasteiger partial charge is 0.392 e. The summed E-state index contributed by atoms with van der Waals surface area (Å²) in [6.07, 6.45) is 0.526. The zero-order valence-corrected chi connectivity index (χ0v) is 12.8. The Morgan fingerprint density at radius 3 is 2.55 bits per heavy atom. The van der Waals surface area contributed by atoms with Gasteiger partial charge in [0.05, 0.1) is 19.1 Å². The van der Waals surface area contributed by atoms with Crippen LogP contribution in [0.4, 0.5) is 11.4 Å². The first kappa shape index (κ1) is 15.9. The molecule has 0 amide bonds. The summed E-state index contributed by atoms with van der Waals surface area (Å²) in [5.41, 5.74) is 4.13. The van der Waals surface area contributed by atoms with Crippen LogP contribution in [0.3, 0.4) is 0 Å². The van der Waals surface area contributed by atoms with Crippen LogP contribution in [0.1, 0.15) is 17.5 Å². The summed E-state index contributed by atoms with van der Waals surface area (Å²) >= 11 is 0. The van der Waals surface area contributed by atoms with Gasteiger partial charge in [-0.3, -0.25) is 0 Å². The van der Waals surface area contributed by atoms with Gasteiger partial charge in [-0.05, 0) is 23.8 Å². The maximum Gasteiger partial charge on any atom is 0.0701 e. The predicted octanol–water partition coefficient (Wildman–Crippen LogP) is 3.14. The molecule has 0 fully saturated rings. The number of aliphatic hydroxyl groups excluding tert-OH is 1. The molecule has 0 aliphatic heterocycles. The number of hydrogen-bond donors (Lipinski definition) is 2. The lowest BCUT2D eigenvalue weighted by Crippen LogP contribution is -2.17. The predicted molar refractivity (Wildman–Crippen MR) is 89.6 cm³/mol. The molecule has 0 aliphatic rings. The van der Waals surface area contributed by atoms with Crippen molar-refractivity contribution in [2.45, 2.75) is 19.6 Å². The van der Waals surface area contributed by atoms with Crippen molar-refractivity contribution in [3.8, 4) is 6.07 Å². The highest BCUT2D eigenvalue weighted by Gasteiger charge is 2.02. The Labute approximate surface area is 131 Å². The van der Waals surface area contributed by atoms with E-state index in [-0.39, 0.29) is 6.61 Å². The van der Waals surface area contributed by atoms with Crippen molar-refractivity contribution >= 4 is 11.4 Å². The van der Waals surface area contributed by atoms with Crippen molar-refractivity contribution in [2.75, 3.05) is 23.8 Å². The molecule has 0 spiro atoms. The highest BCUT2D eigenvalue weighted by Crippen LogP contribution is 2.18. The highest BCUT2D eigenvalue weighted by molar-refractivity contribution is 5.52. The molecule has 0 aliphatic carbocycles. The van der Waals surface area contributed by atoms with E-state index in [0.717, 1.165) is 23.5 Å². The number of nitrogens with zero attached hydrogens (tertiary/aromatic N) is 2. The third-order valence-corrected chi connectivity index (χ3v) is 3.61. The Morgan fingerprint density at radius 1 is 1.14 bits per heavy atom. The minimum atomic E-state index is 0.0335. The number of anilines is 2. The summed E-state index contributed by atoms with van der Waals surface area (Å²) in [6, 6.07) is 18.2. The van der Waals surface area contributed by atoms with Crippen LogP contribution in [0.5, 0.6) is 0 Å². The molecule has 2 aromatic rings. The molecule has 22 heavy (non-hydrogen) atoms. The van der Waals surface area contributed by atoms with Crippen LogP contribution in [0, 0.1) is 11.3 Å². The standard InChI is InChI=1S/C18H21N3O/c1-21(12-4-11-19)17-9-7-15(8-10-17)13-20-18-6-3-2-5-16(18)14-22/h2-3,5-10,20,22H,4,12-14H2,1H3. The van der Waals surface area contributed by atoms with Crippen molar-refractivity contribution < 1.29 is 5.11 Å². The Balaban J connectivity index is 1.95. The molecule has 0 atom stereocenters. The van der Waals surface area contributed by atoms with Gasteiger partial charge >= 0.3 is 0 Å². The second-order valence-corrected chi connectivity index (χ2v) is 5.16. The minimum Gasteiger partial charge on any atom is -0.392 e. The van der Waals surface area contributed by atoms with Gasteiger partial charge in [0.2, 0.25) is 0 Å². The summed E-state index contributed by atoms with van der Waals surface area (Å²) < 4.78 is 0. The lowest BCUT2D eigenvalue weighted by atomic mass is 10.1. The zero-order chi connectivity index (χ0) is 15.8. The van der Waals surface area contributed by atoms with E-state index in [1.54, 1.807) is 0 Å². The van der Waals surface area contributed by atoms with Crippen molar-refractivity contribution in [3.63, 3.8) is 0 Å². The van der Waals surface area contributed by atoms with E-state index in [0.29, 0.717) is 13.0 Å². The van der Waals surface area contributed by atoms with Crippen LogP contribution in [-0.2, 0) is 13.2 Å². The van der Waals surface area contributed by atoms with Gasteiger partial charge in [0.15, 0.2) is 0 Å². The first-order valence-corrected chi connectivity index (χ1v) is 7.34. The fourth-order valence-corrected chi connectivity index (χ4v) is 2.24. The van der Waals surface area contributed by atoms with E-state index < -0.39 is 0 Å². The van der Waals surface area contributed by atoms with Gasteiger partial charge in [-0.2, -0.15) is 5.26 Å². The lowest BCUT2D eigenvalue weighted by molar-refractivity contribution is 0.282. The van der Waals surface area contributed by atoms with Crippen LogP contribution >= 0.6 is 0 Å². The zero-order valence-electron chi connectivity index (χ0n) is 12.8. The summed E-state index contributed by atoms with van der Waals surface area (Å²) in [4.78, 5) is 2.07. The number of nitriles is 1. The number of nitrogens with one attached hydrogen (secondary N) is 1. The molecule has 2 aromatic carbocycles. The van der Waals surface area contributed by atoms with Gasteiger partial charge < -0.3 is 15.3 Å². The first-order chi connectivity index (χ1) is 10.7. The van der Waals surface area contributed by atoms with Gasteiger partial charge in [-0.1, -0.05) is 30.3 Å². The molecule has 0 aromatic heterocycles. The molecular weight excluding hydrogens is 274 g/mol. The fourth-order valence-electron chi connectivity index (χ4n) is 2.24. The molecule has 0 radical (unpaired) electrons. The molecule has 4 nitrogen and oxygen atoms in total. The van der Waals surface area contributed by atoms with Crippen LogP contribution in [0.25, 0.3) is 0 Å². The third-order valence-electron chi connectivity index (χ3n) is 3.61. The number of para-hydroxylation sites is 1. The lowest BCUT2D eigenvalue weighted by Gasteiger charge is -2.18. The van der Waals surface area contributed by atoms with E-state index >= 15 is 0 Å². The molecule has 0 heterocycles. The summed E-state index contributed by atoms with van der Waals surface area (Å²) in [6.45, 7) is 1.48. The van der Waals surface area contributed by atoms with Gasteiger partial charge in [0.25, 0.3) is 0 Å². The fraction of sp³-hybridized carbons (Fsp3) is 0.278. The molecule has 0 bridgehead atoms. The molecule has 0 unspecified atom stereocenters. The van der Waals surface area contributed by atoms with E-state index in [9.17, 15) is 5.11 Å². The normalized spacial score (nSPS) is 10.0. The first-order valence-electron chi connectivity index (χ1n) is 7.34. The van der Waals surface area contributed by atoms with Crippen LogP contribution in [-0.4, -0.2) is 18.7 Å². The average molecular weight is 295 g/mol. The van der Waals surface area contributed by atoms with E-state index in [1.807, 2.05) is 31.3 Å². The smallest absolute Gasteiger partial charge is 0.0701 e. The summed E-state index contributed by atoms with van der Waals surface area (Å²) in [5.74, 6) is 0. The topological polar surface area (TPSA) is 59.3 Å².